The average Bonchev–Trinajstić information content (AvgIpc) is 2.50. The summed E-state index contributed by atoms with van der Waals surface area (Å²) in [6.45, 7) is 7.69. The zero-order valence-corrected chi connectivity index (χ0v) is 13.4. The molecule has 0 aliphatic carbocycles. The van der Waals surface area contributed by atoms with Crippen molar-refractivity contribution in [3.63, 3.8) is 0 Å². The fraction of sp³-hybridized carbons (Fsp3) is 0.600. The molecule has 0 unspecified atom stereocenters. The highest BCUT2D eigenvalue weighted by molar-refractivity contribution is 5.82. The molecule has 7 heteroatoms. The molecule has 7 nitrogen and oxygen atoms in total. The van der Waals surface area contributed by atoms with Gasteiger partial charge in [-0.15, -0.1) is 0 Å². The summed E-state index contributed by atoms with van der Waals surface area (Å²) in [6, 6.07) is -0.578. The monoisotopic (exact) mass is 312 g/mol. The highest BCUT2D eigenvalue weighted by atomic mass is 16.7. The van der Waals surface area contributed by atoms with Crippen LogP contribution < -0.4 is 22.3 Å². The minimum atomic E-state index is -0.578. The Kier molecular flexibility index (Phi) is 10.8. The van der Waals surface area contributed by atoms with Gasteiger partial charge in [0, 0.05) is 12.2 Å². The largest absolute Gasteiger partial charge is 0.354 e. The summed E-state index contributed by atoms with van der Waals surface area (Å²) in [7, 11) is 0. The number of rotatable bonds is 11. The zero-order chi connectivity index (χ0) is 17.0. The molecule has 1 amide bonds. The summed E-state index contributed by atoms with van der Waals surface area (Å²) in [5.41, 5.74) is 14.3. The first-order valence-corrected chi connectivity index (χ1v) is 7.41. The predicted octanol–water partition coefficient (Wildman–Crippen LogP) is 0.333. The summed E-state index contributed by atoms with van der Waals surface area (Å²) in [4.78, 5) is 28.4. The van der Waals surface area contributed by atoms with Crippen LogP contribution in [0.5, 0.6) is 0 Å². The SMILES string of the molecule is C=C/C=C(\C)NOC(=O)[C@@H](C)CNC(=O)[C@@H](N)CCCCN. The van der Waals surface area contributed by atoms with Crippen molar-refractivity contribution < 1.29 is 14.4 Å². The lowest BCUT2D eigenvalue weighted by Crippen LogP contribution is -2.43. The fourth-order valence-corrected chi connectivity index (χ4v) is 1.55. The van der Waals surface area contributed by atoms with E-state index < -0.39 is 17.9 Å². The number of amides is 1. The molecule has 0 aliphatic heterocycles. The Morgan fingerprint density at radius 2 is 2.05 bits per heavy atom. The van der Waals surface area contributed by atoms with E-state index in [4.69, 9.17) is 16.3 Å². The highest BCUT2D eigenvalue weighted by Crippen LogP contribution is 2.00. The first-order chi connectivity index (χ1) is 10.4. The molecule has 2 atom stereocenters. The topological polar surface area (TPSA) is 119 Å². The maximum absolute atomic E-state index is 11.8. The molecule has 0 aromatic carbocycles. The molecule has 0 heterocycles. The summed E-state index contributed by atoms with van der Waals surface area (Å²) in [5, 5.41) is 2.65. The van der Waals surface area contributed by atoms with E-state index in [9.17, 15) is 9.59 Å². The molecule has 6 N–H and O–H groups in total. The number of allylic oxidation sites excluding steroid dienone is 3. The van der Waals surface area contributed by atoms with Gasteiger partial charge >= 0.3 is 5.97 Å². The second kappa shape index (κ2) is 11.8. The Balaban J connectivity index is 4.02. The summed E-state index contributed by atoms with van der Waals surface area (Å²) in [5.74, 6) is -1.22. The van der Waals surface area contributed by atoms with Crippen LogP contribution in [0.4, 0.5) is 0 Å². The highest BCUT2D eigenvalue weighted by Gasteiger charge is 2.18. The molecule has 126 valence electrons. The third kappa shape index (κ3) is 9.15. The lowest BCUT2D eigenvalue weighted by molar-refractivity contribution is -0.153. The first-order valence-electron chi connectivity index (χ1n) is 7.41. The second-order valence-corrected chi connectivity index (χ2v) is 5.15. The molecule has 0 bridgehead atoms. The zero-order valence-electron chi connectivity index (χ0n) is 13.4. The number of nitrogens with two attached hydrogens (primary N) is 2. The van der Waals surface area contributed by atoms with E-state index in [0.717, 1.165) is 12.8 Å². The maximum Gasteiger partial charge on any atom is 0.336 e. The van der Waals surface area contributed by atoms with E-state index in [1.807, 2.05) is 0 Å². The van der Waals surface area contributed by atoms with Crippen LogP contribution >= 0.6 is 0 Å². The fourth-order valence-electron chi connectivity index (χ4n) is 1.55. The van der Waals surface area contributed by atoms with E-state index in [0.29, 0.717) is 18.7 Å². The van der Waals surface area contributed by atoms with E-state index >= 15 is 0 Å². The Morgan fingerprint density at radius 1 is 1.36 bits per heavy atom. The van der Waals surface area contributed by atoms with E-state index in [-0.39, 0.29) is 12.5 Å². The average molecular weight is 312 g/mol. The van der Waals surface area contributed by atoms with E-state index in [2.05, 4.69) is 17.4 Å². The van der Waals surface area contributed by atoms with Crippen molar-refractivity contribution in [1.29, 1.82) is 0 Å². The third-order valence-electron chi connectivity index (χ3n) is 2.97. The van der Waals surface area contributed by atoms with Gasteiger partial charge in [0.2, 0.25) is 5.91 Å². The molecule has 0 aromatic heterocycles. The summed E-state index contributed by atoms with van der Waals surface area (Å²) < 4.78 is 0. The molecular formula is C15H28N4O3. The van der Waals surface area contributed by atoms with Crippen LogP contribution in [-0.2, 0) is 14.4 Å². The molecule has 0 spiro atoms. The van der Waals surface area contributed by atoms with Crippen LogP contribution in [-0.4, -0.2) is 31.0 Å². The van der Waals surface area contributed by atoms with Gasteiger partial charge in [0.25, 0.3) is 0 Å². The van der Waals surface area contributed by atoms with Gasteiger partial charge in [0.05, 0.1) is 12.0 Å². The minimum Gasteiger partial charge on any atom is -0.354 e. The molecule has 22 heavy (non-hydrogen) atoms. The van der Waals surface area contributed by atoms with Gasteiger partial charge in [-0.05, 0) is 32.4 Å². The Labute approximate surface area is 132 Å². The molecule has 0 rings (SSSR count). The van der Waals surface area contributed by atoms with Gasteiger partial charge in [-0.1, -0.05) is 26.0 Å². The van der Waals surface area contributed by atoms with Crippen LogP contribution in [0, 0.1) is 5.92 Å². The number of carbonyl (C=O) groups is 2. The first kappa shape index (κ1) is 20.1. The predicted molar refractivity (Wildman–Crippen MR) is 86.2 cm³/mol. The molecular weight excluding hydrogens is 284 g/mol. The minimum absolute atomic E-state index is 0.175. The van der Waals surface area contributed by atoms with Gasteiger partial charge in [-0.25, -0.2) is 10.3 Å². The van der Waals surface area contributed by atoms with Gasteiger partial charge < -0.3 is 21.6 Å². The number of hydroxylamine groups is 1. The van der Waals surface area contributed by atoms with Crippen molar-refractivity contribution in [3.05, 3.63) is 24.4 Å². The van der Waals surface area contributed by atoms with Crippen LogP contribution in [0.1, 0.15) is 33.1 Å². The number of hydrogen-bond acceptors (Lipinski definition) is 6. The number of hydrogen-bond donors (Lipinski definition) is 4. The van der Waals surface area contributed by atoms with Crippen molar-refractivity contribution in [2.45, 2.75) is 39.2 Å². The molecule has 0 radical (unpaired) electrons. The Bertz CT molecular complexity index is 396. The van der Waals surface area contributed by atoms with Crippen LogP contribution in [0.2, 0.25) is 0 Å². The Hall–Kier alpha value is -1.86. The normalized spacial score (nSPS) is 13.9. The van der Waals surface area contributed by atoms with Crippen molar-refractivity contribution in [1.82, 2.24) is 10.8 Å². The number of carbonyl (C=O) groups excluding carboxylic acids is 2. The van der Waals surface area contributed by atoms with Crippen molar-refractivity contribution in [3.8, 4) is 0 Å². The summed E-state index contributed by atoms with van der Waals surface area (Å²) in [6.07, 6.45) is 5.47. The second-order valence-electron chi connectivity index (χ2n) is 5.15. The summed E-state index contributed by atoms with van der Waals surface area (Å²) >= 11 is 0. The lowest BCUT2D eigenvalue weighted by Gasteiger charge is -2.15. The standard InChI is InChI=1S/C15H28N4O3/c1-4-7-12(3)19-22-15(21)11(2)10-18-14(20)13(17)8-5-6-9-16/h4,7,11,13,19H,1,5-6,8-10,16-17H2,2-3H3,(H,18,20)/b12-7+/t11-,13-/m0/s1. The van der Waals surface area contributed by atoms with E-state index in [1.54, 1.807) is 26.0 Å². The number of unbranched alkanes of at least 4 members (excludes halogenated alkanes) is 1. The molecule has 0 saturated carbocycles. The van der Waals surface area contributed by atoms with Gasteiger partial charge in [0.15, 0.2) is 0 Å². The van der Waals surface area contributed by atoms with E-state index in [1.165, 1.54) is 0 Å². The Morgan fingerprint density at radius 3 is 2.64 bits per heavy atom. The van der Waals surface area contributed by atoms with Gasteiger partial charge in [-0.3, -0.25) is 4.79 Å². The van der Waals surface area contributed by atoms with Crippen LogP contribution in [0.3, 0.4) is 0 Å². The third-order valence-corrected chi connectivity index (χ3v) is 2.97. The maximum atomic E-state index is 11.8. The molecule has 0 fully saturated rings. The number of nitrogens with one attached hydrogen (secondary N) is 2. The van der Waals surface area contributed by atoms with Crippen molar-refractivity contribution in [2.75, 3.05) is 13.1 Å². The molecule has 0 saturated heterocycles. The molecule has 0 aromatic rings. The van der Waals surface area contributed by atoms with Crippen molar-refractivity contribution in [2.24, 2.45) is 17.4 Å². The van der Waals surface area contributed by atoms with Crippen molar-refractivity contribution >= 4 is 11.9 Å². The smallest absolute Gasteiger partial charge is 0.336 e. The van der Waals surface area contributed by atoms with Gasteiger partial charge in [0.1, 0.15) is 0 Å². The molecule has 0 aliphatic rings. The quantitative estimate of drug-likeness (QED) is 0.248. The lowest BCUT2D eigenvalue weighted by atomic mass is 10.1. The van der Waals surface area contributed by atoms with Gasteiger partial charge in [-0.2, -0.15) is 0 Å². The van der Waals surface area contributed by atoms with Crippen LogP contribution in [0.25, 0.3) is 0 Å². The van der Waals surface area contributed by atoms with Crippen LogP contribution in [0.15, 0.2) is 24.4 Å².